The molecule has 4 N–H and O–H groups in total. The summed E-state index contributed by atoms with van der Waals surface area (Å²) in [5, 5.41) is 8.50. The van der Waals surface area contributed by atoms with Crippen LogP contribution in [-0.4, -0.2) is 34.7 Å². The molecule has 0 saturated heterocycles. The summed E-state index contributed by atoms with van der Waals surface area (Å²) < 4.78 is 4.59. The Morgan fingerprint density at radius 3 is 3.00 bits per heavy atom. The second kappa shape index (κ2) is 5.11. The number of carbonyl (C=O) groups excluding carboxylic acids is 2. The minimum Gasteiger partial charge on any atom is -0.464 e. The Labute approximate surface area is 86.0 Å². The summed E-state index contributed by atoms with van der Waals surface area (Å²) in [5.74, 6) is -1.02. The van der Waals surface area contributed by atoms with Crippen LogP contribution >= 0.6 is 0 Å². The molecule has 0 spiro atoms. The first-order valence-corrected chi connectivity index (χ1v) is 4.37. The first-order chi connectivity index (χ1) is 7.15. The highest BCUT2D eigenvalue weighted by molar-refractivity contribution is 6.07. The summed E-state index contributed by atoms with van der Waals surface area (Å²) in [6.45, 7) is 1.82. The minimum absolute atomic E-state index is 0.184. The second-order valence-corrected chi connectivity index (χ2v) is 2.69. The van der Waals surface area contributed by atoms with Gasteiger partial charge < -0.3 is 15.8 Å². The van der Waals surface area contributed by atoms with Crippen LogP contribution in [0.2, 0.25) is 0 Å². The van der Waals surface area contributed by atoms with E-state index in [1.165, 1.54) is 12.3 Å². The van der Waals surface area contributed by atoms with Crippen molar-refractivity contribution < 1.29 is 14.3 Å². The fraction of sp³-hybridized carbons (Fsp3) is 0.375. The van der Waals surface area contributed by atoms with Gasteiger partial charge in [-0.15, -0.1) is 0 Å². The predicted octanol–water partition coefficient (Wildman–Crippen LogP) is -0.761. The standard InChI is InChI=1S/C8H12N4O3/c1-2-15-8(14)6(9)7(13)11-5-3-4-10-12-5/h3-4,6H,2,9H2,1H3,(H2,10,11,12,13). The van der Waals surface area contributed by atoms with Gasteiger partial charge in [0.05, 0.1) is 12.8 Å². The number of anilines is 1. The monoisotopic (exact) mass is 212 g/mol. The average molecular weight is 212 g/mol. The first-order valence-electron chi connectivity index (χ1n) is 4.37. The largest absolute Gasteiger partial charge is 0.464 e. The number of H-pyrrole nitrogens is 1. The van der Waals surface area contributed by atoms with Crippen LogP contribution in [-0.2, 0) is 14.3 Å². The van der Waals surface area contributed by atoms with E-state index in [2.05, 4.69) is 20.3 Å². The van der Waals surface area contributed by atoms with Crippen molar-refractivity contribution in [2.24, 2.45) is 5.73 Å². The number of carbonyl (C=O) groups is 2. The molecule has 0 aromatic carbocycles. The van der Waals surface area contributed by atoms with Gasteiger partial charge in [0.25, 0.3) is 5.91 Å². The fourth-order valence-corrected chi connectivity index (χ4v) is 0.875. The van der Waals surface area contributed by atoms with Gasteiger partial charge in [-0.25, -0.2) is 4.79 Å². The predicted molar refractivity (Wildman–Crippen MR) is 51.8 cm³/mol. The number of hydrogen-bond acceptors (Lipinski definition) is 5. The van der Waals surface area contributed by atoms with E-state index in [4.69, 9.17) is 5.73 Å². The maximum atomic E-state index is 11.3. The van der Waals surface area contributed by atoms with Crippen molar-refractivity contribution in [3.05, 3.63) is 12.3 Å². The summed E-state index contributed by atoms with van der Waals surface area (Å²) in [4.78, 5) is 22.4. The van der Waals surface area contributed by atoms with Gasteiger partial charge in [0, 0.05) is 6.07 Å². The van der Waals surface area contributed by atoms with Crippen LogP contribution in [0.4, 0.5) is 5.82 Å². The lowest BCUT2D eigenvalue weighted by Crippen LogP contribution is -2.43. The van der Waals surface area contributed by atoms with Crippen LogP contribution in [0.25, 0.3) is 0 Å². The minimum atomic E-state index is -1.33. The topological polar surface area (TPSA) is 110 Å². The molecule has 0 radical (unpaired) electrons. The third-order valence-corrected chi connectivity index (χ3v) is 1.58. The van der Waals surface area contributed by atoms with Crippen molar-refractivity contribution in [1.82, 2.24) is 10.2 Å². The van der Waals surface area contributed by atoms with Crippen LogP contribution < -0.4 is 11.1 Å². The Balaban J connectivity index is 2.50. The Morgan fingerprint density at radius 2 is 2.47 bits per heavy atom. The molecule has 1 atom stereocenters. The number of rotatable bonds is 4. The molecule has 0 fully saturated rings. The Bertz CT molecular complexity index is 336. The maximum Gasteiger partial charge on any atom is 0.332 e. The number of ether oxygens (including phenoxy) is 1. The Hall–Kier alpha value is -1.89. The maximum absolute atomic E-state index is 11.3. The molecule has 7 nitrogen and oxygen atoms in total. The van der Waals surface area contributed by atoms with Gasteiger partial charge in [-0.1, -0.05) is 0 Å². The zero-order chi connectivity index (χ0) is 11.3. The molecular formula is C8H12N4O3. The Morgan fingerprint density at radius 1 is 1.73 bits per heavy atom. The third-order valence-electron chi connectivity index (χ3n) is 1.58. The lowest BCUT2D eigenvalue weighted by atomic mass is 10.3. The summed E-state index contributed by atoms with van der Waals surface area (Å²) in [6, 6.07) is 0.212. The highest BCUT2D eigenvalue weighted by Gasteiger charge is 2.23. The molecule has 1 unspecified atom stereocenters. The number of hydrogen-bond donors (Lipinski definition) is 3. The number of nitrogens with two attached hydrogens (primary N) is 1. The summed E-state index contributed by atoms with van der Waals surface area (Å²) >= 11 is 0. The van der Waals surface area contributed by atoms with E-state index in [0.717, 1.165) is 0 Å². The highest BCUT2D eigenvalue weighted by Crippen LogP contribution is 1.99. The molecule has 0 bridgehead atoms. The van der Waals surface area contributed by atoms with Gasteiger partial charge >= 0.3 is 5.97 Å². The van der Waals surface area contributed by atoms with E-state index < -0.39 is 17.9 Å². The summed E-state index contributed by atoms with van der Waals surface area (Å²) in [6.07, 6.45) is 1.46. The van der Waals surface area contributed by atoms with E-state index >= 15 is 0 Å². The van der Waals surface area contributed by atoms with Crippen molar-refractivity contribution in [2.75, 3.05) is 11.9 Å². The van der Waals surface area contributed by atoms with Crippen LogP contribution in [0.15, 0.2) is 12.3 Å². The molecule has 15 heavy (non-hydrogen) atoms. The van der Waals surface area contributed by atoms with Crippen molar-refractivity contribution in [1.29, 1.82) is 0 Å². The molecule has 1 amide bonds. The van der Waals surface area contributed by atoms with Gasteiger partial charge in [-0.05, 0) is 6.92 Å². The van der Waals surface area contributed by atoms with E-state index in [1.807, 2.05) is 0 Å². The normalized spacial score (nSPS) is 11.9. The molecule has 1 heterocycles. The molecule has 1 aromatic rings. The number of aromatic nitrogens is 2. The van der Waals surface area contributed by atoms with Crippen LogP contribution in [0.5, 0.6) is 0 Å². The number of aromatic amines is 1. The lowest BCUT2D eigenvalue weighted by Gasteiger charge is -2.09. The van der Waals surface area contributed by atoms with E-state index in [9.17, 15) is 9.59 Å². The van der Waals surface area contributed by atoms with Gasteiger partial charge in [-0.3, -0.25) is 9.89 Å². The lowest BCUT2D eigenvalue weighted by molar-refractivity contribution is -0.146. The van der Waals surface area contributed by atoms with E-state index in [0.29, 0.717) is 5.82 Å². The number of esters is 1. The third kappa shape index (κ3) is 3.06. The van der Waals surface area contributed by atoms with Crippen LogP contribution in [0, 0.1) is 0 Å². The zero-order valence-electron chi connectivity index (χ0n) is 8.19. The number of amides is 1. The number of nitrogens with zero attached hydrogens (tertiary/aromatic N) is 1. The summed E-state index contributed by atoms with van der Waals surface area (Å²) in [5.41, 5.74) is 5.34. The summed E-state index contributed by atoms with van der Waals surface area (Å²) in [7, 11) is 0. The first kappa shape index (κ1) is 11.2. The molecule has 0 saturated carbocycles. The molecule has 0 aliphatic rings. The highest BCUT2D eigenvalue weighted by atomic mass is 16.5. The molecule has 1 aromatic heterocycles. The van der Waals surface area contributed by atoms with Crippen LogP contribution in [0.3, 0.4) is 0 Å². The van der Waals surface area contributed by atoms with Gasteiger partial charge in [-0.2, -0.15) is 5.10 Å². The second-order valence-electron chi connectivity index (χ2n) is 2.69. The van der Waals surface area contributed by atoms with Gasteiger partial charge in [0.1, 0.15) is 5.82 Å². The molecule has 0 aliphatic heterocycles. The smallest absolute Gasteiger partial charge is 0.332 e. The molecule has 1 rings (SSSR count). The SMILES string of the molecule is CCOC(=O)C(N)C(=O)Nc1ccn[nH]1. The van der Waals surface area contributed by atoms with Crippen molar-refractivity contribution in [3.63, 3.8) is 0 Å². The fourth-order valence-electron chi connectivity index (χ4n) is 0.875. The molecule has 82 valence electrons. The van der Waals surface area contributed by atoms with Gasteiger partial charge in [0.15, 0.2) is 6.04 Å². The quantitative estimate of drug-likeness (QED) is 0.448. The molecular weight excluding hydrogens is 200 g/mol. The van der Waals surface area contributed by atoms with Crippen molar-refractivity contribution in [3.8, 4) is 0 Å². The van der Waals surface area contributed by atoms with Crippen LogP contribution in [0.1, 0.15) is 6.92 Å². The van der Waals surface area contributed by atoms with E-state index in [-0.39, 0.29) is 6.61 Å². The van der Waals surface area contributed by atoms with E-state index in [1.54, 1.807) is 6.92 Å². The van der Waals surface area contributed by atoms with Crippen molar-refractivity contribution in [2.45, 2.75) is 13.0 Å². The number of nitrogens with one attached hydrogen (secondary N) is 2. The average Bonchev–Trinajstić information content (AvgIpc) is 2.69. The van der Waals surface area contributed by atoms with Gasteiger partial charge in [0.2, 0.25) is 0 Å². The molecule has 7 heteroatoms. The Kier molecular flexibility index (Phi) is 3.81. The zero-order valence-corrected chi connectivity index (χ0v) is 8.19. The van der Waals surface area contributed by atoms with Crippen molar-refractivity contribution >= 4 is 17.7 Å². The molecule has 0 aliphatic carbocycles.